The van der Waals surface area contributed by atoms with Crippen LogP contribution in [0, 0.1) is 11.3 Å². The number of hydrogen-bond acceptors (Lipinski definition) is 2. The lowest BCUT2D eigenvalue weighted by atomic mass is 9.91. The number of benzene rings is 1. The molecule has 0 heterocycles. The van der Waals surface area contributed by atoms with E-state index in [9.17, 15) is 13.2 Å². The van der Waals surface area contributed by atoms with Crippen LogP contribution in [0.4, 0.5) is 13.2 Å². The van der Waals surface area contributed by atoms with Crippen LogP contribution in [0.15, 0.2) is 24.3 Å². The van der Waals surface area contributed by atoms with Crippen LogP contribution in [0.3, 0.4) is 0 Å². The van der Waals surface area contributed by atoms with Crippen molar-refractivity contribution >= 4 is 0 Å². The van der Waals surface area contributed by atoms with Crippen molar-refractivity contribution in [3.63, 3.8) is 0 Å². The molecule has 0 N–H and O–H groups in total. The van der Waals surface area contributed by atoms with E-state index in [1.165, 1.54) is 32.2 Å². The highest BCUT2D eigenvalue weighted by Gasteiger charge is 2.40. The molecule has 0 amide bonds. The van der Waals surface area contributed by atoms with Crippen molar-refractivity contribution in [3.05, 3.63) is 35.4 Å². The van der Waals surface area contributed by atoms with Crippen molar-refractivity contribution in [1.29, 1.82) is 5.26 Å². The lowest BCUT2D eigenvalue weighted by Crippen LogP contribution is -2.31. The molecule has 0 fully saturated rings. The minimum absolute atomic E-state index is 0.313. The van der Waals surface area contributed by atoms with E-state index >= 15 is 0 Å². The van der Waals surface area contributed by atoms with Crippen LogP contribution in [-0.2, 0) is 10.3 Å². The predicted molar refractivity (Wildman–Crippen MR) is 56.2 cm³/mol. The number of hydrogen-bond donors (Lipinski definition) is 0. The van der Waals surface area contributed by atoms with Gasteiger partial charge in [0, 0.05) is 7.11 Å². The first-order valence-electron chi connectivity index (χ1n) is 4.93. The van der Waals surface area contributed by atoms with Gasteiger partial charge < -0.3 is 4.74 Å². The topological polar surface area (TPSA) is 33.0 Å². The van der Waals surface area contributed by atoms with Gasteiger partial charge in [0.05, 0.1) is 23.7 Å². The van der Waals surface area contributed by atoms with Gasteiger partial charge in [0.1, 0.15) is 0 Å². The molecule has 17 heavy (non-hydrogen) atoms. The SMILES string of the molecule is COC(C)(CC(F)(F)F)c1cccc(C#N)c1. The molecule has 2 nitrogen and oxygen atoms in total. The first kappa shape index (κ1) is 13.5. The summed E-state index contributed by atoms with van der Waals surface area (Å²) in [6, 6.07) is 7.90. The minimum Gasteiger partial charge on any atom is -0.373 e. The zero-order valence-electron chi connectivity index (χ0n) is 9.51. The van der Waals surface area contributed by atoms with Crippen LogP contribution < -0.4 is 0 Å². The van der Waals surface area contributed by atoms with Crippen molar-refractivity contribution < 1.29 is 17.9 Å². The molecule has 0 radical (unpaired) electrons. The van der Waals surface area contributed by atoms with E-state index in [2.05, 4.69) is 0 Å². The van der Waals surface area contributed by atoms with Gasteiger partial charge in [-0.2, -0.15) is 18.4 Å². The number of rotatable bonds is 3. The van der Waals surface area contributed by atoms with Gasteiger partial charge in [-0.25, -0.2) is 0 Å². The van der Waals surface area contributed by atoms with Gasteiger partial charge >= 0.3 is 6.18 Å². The molecule has 0 aliphatic carbocycles. The molecule has 1 aromatic rings. The van der Waals surface area contributed by atoms with E-state index in [0.29, 0.717) is 11.1 Å². The molecule has 5 heteroatoms. The van der Waals surface area contributed by atoms with E-state index in [1.54, 1.807) is 6.07 Å². The largest absolute Gasteiger partial charge is 0.392 e. The first-order chi connectivity index (χ1) is 7.80. The van der Waals surface area contributed by atoms with E-state index in [1.807, 2.05) is 6.07 Å². The molecule has 0 saturated carbocycles. The fraction of sp³-hybridized carbons (Fsp3) is 0.417. The van der Waals surface area contributed by atoms with E-state index in [-0.39, 0.29) is 0 Å². The summed E-state index contributed by atoms with van der Waals surface area (Å²) in [7, 11) is 1.23. The van der Waals surface area contributed by atoms with Crippen molar-refractivity contribution in [2.24, 2.45) is 0 Å². The van der Waals surface area contributed by atoms with Crippen LogP contribution in [0.1, 0.15) is 24.5 Å². The highest BCUT2D eigenvalue weighted by Crippen LogP contribution is 2.37. The van der Waals surface area contributed by atoms with Crippen LogP contribution >= 0.6 is 0 Å². The molecule has 0 aromatic heterocycles. The highest BCUT2D eigenvalue weighted by atomic mass is 19.4. The maximum atomic E-state index is 12.5. The second-order valence-corrected chi connectivity index (χ2v) is 3.92. The molecular weight excluding hydrogens is 231 g/mol. The van der Waals surface area contributed by atoms with E-state index < -0.39 is 18.2 Å². The average Bonchev–Trinajstić information content (AvgIpc) is 2.27. The summed E-state index contributed by atoms with van der Waals surface area (Å²) < 4.78 is 42.4. The molecule has 0 saturated heterocycles. The van der Waals surface area contributed by atoms with Crippen molar-refractivity contribution in [2.45, 2.75) is 25.1 Å². The molecule has 92 valence electrons. The monoisotopic (exact) mass is 243 g/mol. The Bertz CT molecular complexity index is 436. The third kappa shape index (κ3) is 3.46. The van der Waals surface area contributed by atoms with Crippen molar-refractivity contribution in [3.8, 4) is 6.07 Å². The Hall–Kier alpha value is -1.54. The Morgan fingerprint density at radius 2 is 2.00 bits per heavy atom. The summed E-state index contributed by atoms with van der Waals surface area (Å²) in [5.41, 5.74) is -0.810. The summed E-state index contributed by atoms with van der Waals surface area (Å²) in [5, 5.41) is 8.72. The maximum absolute atomic E-state index is 12.5. The predicted octanol–water partition coefficient (Wildman–Crippen LogP) is 3.37. The number of ether oxygens (including phenoxy) is 1. The van der Waals surface area contributed by atoms with E-state index in [0.717, 1.165) is 0 Å². The van der Waals surface area contributed by atoms with Gasteiger partial charge in [-0.15, -0.1) is 0 Å². The average molecular weight is 243 g/mol. The first-order valence-corrected chi connectivity index (χ1v) is 4.93. The van der Waals surface area contributed by atoms with Gasteiger partial charge in [-0.05, 0) is 24.6 Å². The van der Waals surface area contributed by atoms with Gasteiger partial charge in [0.15, 0.2) is 0 Å². The Morgan fingerprint density at radius 3 is 2.47 bits per heavy atom. The molecule has 0 aliphatic rings. The Kier molecular flexibility index (Phi) is 3.79. The Labute approximate surface area is 97.6 Å². The molecule has 1 aromatic carbocycles. The lowest BCUT2D eigenvalue weighted by Gasteiger charge is -2.29. The number of nitriles is 1. The van der Waals surface area contributed by atoms with Crippen LogP contribution in [0.2, 0.25) is 0 Å². The van der Waals surface area contributed by atoms with E-state index in [4.69, 9.17) is 10.00 Å². The van der Waals surface area contributed by atoms with Crippen molar-refractivity contribution in [2.75, 3.05) is 7.11 Å². The fourth-order valence-electron chi connectivity index (χ4n) is 1.59. The standard InChI is InChI=1S/C12H12F3NO/c1-11(17-2,8-12(13,14)15)10-5-3-4-9(6-10)7-16/h3-6H,8H2,1-2H3. The van der Waals surface area contributed by atoms with Gasteiger partial charge in [0.2, 0.25) is 0 Å². The third-order valence-electron chi connectivity index (χ3n) is 2.59. The zero-order chi connectivity index (χ0) is 13.1. The molecule has 0 spiro atoms. The molecule has 1 rings (SSSR count). The van der Waals surface area contributed by atoms with Crippen LogP contribution in [0.5, 0.6) is 0 Å². The quantitative estimate of drug-likeness (QED) is 0.815. The molecule has 1 unspecified atom stereocenters. The number of methoxy groups -OCH3 is 1. The molecular formula is C12H12F3NO. The van der Waals surface area contributed by atoms with Gasteiger partial charge in [-0.3, -0.25) is 0 Å². The Balaban J connectivity index is 3.12. The van der Waals surface area contributed by atoms with Gasteiger partial charge in [-0.1, -0.05) is 12.1 Å². The fourth-order valence-corrected chi connectivity index (χ4v) is 1.59. The molecule has 0 bridgehead atoms. The highest BCUT2D eigenvalue weighted by molar-refractivity contribution is 5.35. The number of alkyl halides is 3. The lowest BCUT2D eigenvalue weighted by molar-refractivity contribution is -0.181. The molecule has 0 aliphatic heterocycles. The normalized spacial score (nSPS) is 15.1. The third-order valence-corrected chi connectivity index (χ3v) is 2.59. The second-order valence-electron chi connectivity index (χ2n) is 3.92. The van der Waals surface area contributed by atoms with Crippen LogP contribution in [-0.4, -0.2) is 13.3 Å². The number of halogens is 3. The van der Waals surface area contributed by atoms with Crippen LogP contribution in [0.25, 0.3) is 0 Å². The van der Waals surface area contributed by atoms with Gasteiger partial charge in [0.25, 0.3) is 0 Å². The second kappa shape index (κ2) is 4.76. The summed E-state index contributed by atoms with van der Waals surface area (Å²) in [5.74, 6) is 0. The summed E-state index contributed by atoms with van der Waals surface area (Å²) in [4.78, 5) is 0. The minimum atomic E-state index is -4.33. The Morgan fingerprint density at radius 1 is 1.35 bits per heavy atom. The maximum Gasteiger partial charge on any atom is 0.392 e. The number of nitrogens with zero attached hydrogens (tertiary/aromatic N) is 1. The zero-order valence-corrected chi connectivity index (χ0v) is 9.51. The molecule has 1 atom stereocenters. The summed E-state index contributed by atoms with van der Waals surface area (Å²) in [6.45, 7) is 1.36. The summed E-state index contributed by atoms with van der Waals surface area (Å²) in [6.07, 6.45) is -5.42. The van der Waals surface area contributed by atoms with Crippen molar-refractivity contribution in [1.82, 2.24) is 0 Å². The smallest absolute Gasteiger partial charge is 0.373 e. The summed E-state index contributed by atoms with van der Waals surface area (Å²) >= 11 is 0.